The predicted molar refractivity (Wildman–Crippen MR) is 73.2 cm³/mol. The van der Waals surface area contributed by atoms with Crippen molar-refractivity contribution in [2.75, 3.05) is 33.7 Å². The van der Waals surface area contributed by atoms with Crippen molar-refractivity contribution in [3.05, 3.63) is 35.9 Å². The third-order valence-electron chi connectivity index (χ3n) is 3.60. The van der Waals surface area contributed by atoms with Crippen LogP contribution in [0.25, 0.3) is 0 Å². The molecule has 0 amide bonds. The molecule has 0 radical (unpaired) electrons. The lowest BCUT2D eigenvalue weighted by Crippen LogP contribution is -2.27. The Morgan fingerprint density at radius 3 is 2.71 bits per heavy atom. The van der Waals surface area contributed by atoms with Gasteiger partial charge in [0.05, 0.1) is 0 Å². The van der Waals surface area contributed by atoms with Gasteiger partial charge < -0.3 is 4.90 Å². The van der Waals surface area contributed by atoms with Gasteiger partial charge in [-0.25, -0.2) is 0 Å². The van der Waals surface area contributed by atoms with Crippen molar-refractivity contribution in [3.63, 3.8) is 0 Å². The van der Waals surface area contributed by atoms with Gasteiger partial charge in [-0.15, -0.1) is 0 Å². The summed E-state index contributed by atoms with van der Waals surface area (Å²) in [6, 6.07) is 11.6. The normalized spacial score (nSPS) is 21.2. The summed E-state index contributed by atoms with van der Waals surface area (Å²) in [7, 11) is 4.30. The zero-order valence-electron chi connectivity index (χ0n) is 11.1. The van der Waals surface area contributed by atoms with E-state index < -0.39 is 0 Å². The van der Waals surface area contributed by atoms with Crippen LogP contribution in [-0.2, 0) is 0 Å². The molecule has 1 aliphatic heterocycles. The van der Waals surface area contributed by atoms with Crippen molar-refractivity contribution in [2.45, 2.75) is 25.3 Å². The number of likely N-dealkylation sites (tertiary alicyclic amines) is 1. The molecule has 1 heterocycles. The van der Waals surface area contributed by atoms with E-state index in [-0.39, 0.29) is 0 Å². The molecule has 2 rings (SSSR count). The highest BCUT2D eigenvalue weighted by atomic mass is 15.2. The Labute approximate surface area is 105 Å². The Bertz CT molecular complexity index is 321. The highest BCUT2D eigenvalue weighted by Gasteiger charge is 2.24. The molecule has 0 unspecified atom stereocenters. The van der Waals surface area contributed by atoms with Crippen LogP contribution in [0.2, 0.25) is 0 Å². The van der Waals surface area contributed by atoms with E-state index in [4.69, 9.17) is 0 Å². The number of hydrogen-bond donors (Lipinski definition) is 0. The third kappa shape index (κ3) is 3.55. The topological polar surface area (TPSA) is 6.48 Å². The first kappa shape index (κ1) is 12.6. The maximum atomic E-state index is 2.65. The average molecular weight is 232 g/mol. The Kier molecular flexibility index (Phi) is 4.57. The Hall–Kier alpha value is -0.860. The van der Waals surface area contributed by atoms with E-state index >= 15 is 0 Å². The van der Waals surface area contributed by atoms with Gasteiger partial charge in [0, 0.05) is 6.04 Å². The zero-order valence-corrected chi connectivity index (χ0v) is 11.1. The second kappa shape index (κ2) is 6.18. The second-order valence-corrected chi connectivity index (χ2v) is 5.26. The molecule has 0 aliphatic carbocycles. The van der Waals surface area contributed by atoms with E-state index in [1.165, 1.54) is 44.5 Å². The molecule has 1 aliphatic rings. The van der Waals surface area contributed by atoms with E-state index in [9.17, 15) is 0 Å². The van der Waals surface area contributed by atoms with Crippen LogP contribution in [0.3, 0.4) is 0 Å². The Morgan fingerprint density at radius 1 is 1.24 bits per heavy atom. The Morgan fingerprint density at radius 2 is 2.00 bits per heavy atom. The molecule has 2 heteroatoms. The SMILES string of the molecule is CN(C)CCCN1CCC[C@@H]1c1ccccc1. The van der Waals surface area contributed by atoms with E-state index in [1.54, 1.807) is 0 Å². The quantitative estimate of drug-likeness (QED) is 0.770. The van der Waals surface area contributed by atoms with Crippen molar-refractivity contribution < 1.29 is 0 Å². The molecular formula is C15H24N2. The average Bonchev–Trinajstić information content (AvgIpc) is 2.78. The van der Waals surface area contributed by atoms with Crippen LogP contribution >= 0.6 is 0 Å². The molecule has 94 valence electrons. The molecule has 0 saturated carbocycles. The van der Waals surface area contributed by atoms with Crippen LogP contribution in [0, 0.1) is 0 Å². The van der Waals surface area contributed by atoms with Crippen LogP contribution in [0.5, 0.6) is 0 Å². The summed E-state index contributed by atoms with van der Waals surface area (Å²) in [6.07, 6.45) is 3.95. The van der Waals surface area contributed by atoms with Gasteiger partial charge in [-0.3, -0.25) is 4.90 Å². The highest BCUT2D eigenvalue weighted by Crippen LogP contribution is 2.31. The monoisotopic (exact) mass is 232 g/mol. The molecule has 2 nitrogen and oxygen atoms in total. The number of rotatable bonds is 5. The summed E-state index contributed by atoms with van der Waals surface area (Å²) in [5, 5.41) is 0. The molecule has 0 bridgehead atoms. The standard InChI is InChI=1S/C15H24N2/c1-16(2)11-7-13-17-12-6-10-15(17)14-8-4-3-5-9-14/h3-5,8-9,15H,6-7,10-13H2,1-2H3/t15-/m1/s1. The largest absolute Gasteiger partial charge is 0.309 e. The lowest BCUT2D eigenvalue weighted by molar-refractivity contribution is 0.240. The summed E-state index contributed by atoms with van der Waals surface area (Å²) in [6.45, 7) is 3.70. The number of benzene rings is 1. The minimum atomic E-state index is 0.665. The fourth-order valence-corrected chi connectivity index (χ4v) is 2.74. The molecule has 0 spiro atoms. The van der Waals surface area contributed by atoms with Crippen LogP contribution in [0.1, 0.15) is 30.9 Å². The molecule has 17 heavy (non-hydrogen) atoms. The maximum Gasteiger partial charge on any atom is 0.0348 e. The van der Waals surface area contributed by atoms with Crippen molar-refractivity contribution in [1.29, 1.82) is 0 Å². The molecular weight excluding hydrogens is 208 g/mol. The number of nitrogens with zero attached hydrogens (tertiary/aromatic N) is 2. The van der Waals surface area contributed by atoms with Gasteiger partial charge in [0.15, 0.2) is 0 Å². The van der Waals surface area contributed by atoms with E-state index in [0.29, 0.717) is 6.04 Å². The first-order valence-corrected chi connectivity index (χ1v) is 6.71. The molecule has 1 saturated heterocycles. The molecule has 0 aromatic heterocycles. The minimum Gasteiger partial charge on any atom is -0.309 e. The first-order valence-electron chi connectivity index (χ1n) is 6.71. The molecule has 1 aromatic carbocycles. The fraction of sp³-hybridized carbons (Fsp3) is 0.600. The van der Waals surface area contributed by atoms with Crippen molar-refractivity contribution >= 4 is 0 Å². The lowest BCUT2D eigenvalue weighted by atomic mass is 10.0. The fourth-order valence-electron chi connectivity index (χ4n) is 2.74. The summed E-state index contributed by atoms with van der Waals surface area (Å²) in [5.74, 6) is 0. The summed E-state index contributed by atoms with van der Waals surface area (Å²) in [5.41, 5.74) is 1.50. The smallest absolute Gasteiger partial charge is 0.0348 e. The highest BCUT2D eigenvalue weighted by molar-refractivity contribution is 5.19. The van der Waals surface area contributed by atoms with Crippen LogP contribution in [-0.4, -0.2) is 43.5 Å². The summed E-state index contributed by atoms with van der Waals surface area (Å²) in [4.78, 5) is 4.92. The molecule has 0 N–H and O–H groups in total. The van der Waals surface area contributed by atoms with Crippen molar-refractivity contribution in [1.82, 2.24) is 9.80 Å². The third-order valence-corrected chi connectivity index (χ3v) is 3.60. The maximum absolute atomic E-state index is 2.65. The second-order valence-electron chi connectivity index (χ2n) is 5.26. The van der Waals surface area contributed by atoms with Gasteiger partial charge in [0.2, 0.25) is 0 Å². The minimum absolute atomic E-state index is 0.665. The van der Waals surface area contributed by atoms with Gasteiger partial charge in [-0.05, 0) is 58.6 Å². The van der Waals surface area contributed by atoms with Crippen LogP contribution < -0.4 is 0 Å². The molecule has 1 atom stereocenters. The van der Waals surface area contributed by atoms with Gasteiger partial charge in [0.1, 0.15) is 0 Å². The van der Waals surface area contributed by atoms with E-state index in [2.05, 4.69) is 54.2 Å². The Balaban J connectivity index is 1.89. The molecule has 1 aromatic rings. The van der Waals surface area contributed by atoms with Crippen LogP contribution in [0.15, 0.2) is 30.3 Å². The van der Waals surface area contributed by atoms with E-state index in [1.807, 2.05) is 0 Å². The first-order chi connectivity index (χ1) is 8.27. The van der Waals surface area contributed by atoms with Gasteiger partial charge in [0.25, 0.3) is 0 Å². The van der Waals surface area contributed by atoms with Gasteiger partial charge in [-0.2, -0.15) is 0 Å². The van der Waals surface area contributed by atoms with E-state index in [0.717, 1.165) is 0 Å². The van der Waals surface area contributed by atoms with Crippen molar-refractivity contribution in [2.24, 2.45) is 0 Å². The van der Waals surface area contributed by atoms with Gasteiger partial charge >= 0.3 is 0 Å². The molecule has 1 fully saturated rings. The lowest BCUT2D eigenvalue weighted by Gasteiger charge is -2.25. The predicted octanol–water partition coefficient (Wildman–Crippen LogP) is 2.78. The zero-order chi connectivity index (χ0) is 12.1. The van der Waals surface area contributed by atoms with Crippen molar-refractivity contribution in [3.8, 4) is 0 Å². The summed E-state index contributed by atoms with van der Waals surface area (Å²) >= 11 is 0. The summed E-state index contributed by atoms with van der Waals surface area (Å²) < 4.78 is 0. The van der Waals surface area contributed by atoms with Gasteiger partial charge in [-0.1, -0.05) is 30.3 Å². The van der Waals surface area contributed by atoms with Crippen LogP contribution in [0.4, 0.5) is 0 Å². The number of hydrogen-bond acceptors (Lipinski definition) is 2.